The van der Waals surface area contributed by atoms with Gasteiger partial charge in [0.05, 0.1) is 11.6 Å². The summed E-state index contributed by atoms with van der Waals surface area (Å²) in [5.41, 5.74) is 3.20. The Bertz CT molecular complexity index is 983. The summed E-state index contributed by atoms with van der Waals surface area (Å²) in [7, 11) is 0. The third-order valence-corrected chi connectivity index (χ3v) is 6.74. The Kier molecular flexibility index (Phi) is 7.33. The fourth-order valence-corrected chi connectivity index (χ4v) is 4.89. The molecule has 1 aromatic carbocycles. The molecule has 2 aliphatic rings. The lowest BCUT2D eigenvalue weighted by Gasteiger charge is -2.36. The molecule has 0 saturated carbocycles. The molecule has 8 heteroatoms. The van der Waals surface area contributed by atoms with Crippen LogP contribution in [0.1, 0.15) is 34.6 Å². The lowest BCUT2D eigenvalue weighted by atomic mass is 9.96. The molecule has 4 rings (SSSR count). The predicted octanol–water partition coefficient (Wildman–Crippen LogP) is 2.56. The summed E-state index contributed by atoms with van der Waals surface area (Å²) < 4.78 is 14.0. The lowest BCUT2D eigenvalue weighted by molar-refractivity contribution is -0.126. The number of hydrogen-bond acceptors (Lipinski definition) is 4. The number of carbonyl (C=O) groups is 2. The average molecular weight is 456 g/mol. The van der Waals surface area contributed by atoms with Crippen LogP contribution in [-0.2, 0) is 4.79 Å². The fourth-order valence-electron chi connectivity index (χ4n) is 4.89. The number of aryl methyl sites for hydroxylation is 2. The molecule has 0 unspecified atom stereocenters. The molecule has 2 N–H and O–H groups in total. The minimum Gasteiger partial charge on any atom is -0.367 e. The van der Waals surface area contributed by atoms with Crippen LogP contribution < -0.4 is 10.2 Å². The van der Waals surface area contributed by atoms with E-state index >= 15 is 0 Å². The van der Waals surface area contributed by atoms with Crippen LogP contribution in [-0.4, -0.2) is 79.0 Å². The first-order chi connectivity index (χ1) is 15.9. The number of benzene rings is 1. The Morgan fingerprint density at radius 1 is 1.12 bits per heavy atom. The van der Waals surface area contributed by atoms with E-state index in [1.807, 2.05) is 32.0 Å². The number of halogens is 1. The Hall–Kier alpha value is -2.87. The zero-order valence-electron chi connectivity index (χ0n) is 19.6. The molecule has 1 aromatic heterocycles. The number of anilines is 1. The number of aromatic nitrogens is 1. The lowest BCUT2D eigenvalue weighted by Crippen LogP contribution is -2.50. The Morgan fingerprint density at radius 2 is 1.88 bits per heavy atom. The van der Waals surface area contributed by atoms with Crippen molar-refractivity contribution in [2.24, 2.45) is 5.92 Å². The number of rotatable bonds is 6. The summed E-state index contributed by atoms with van der Waals surface area (Å²) in [6, 6.07) is 8.86. The average Bonchev–Trinajstić information content (AvgIpc) is 3.17. The second kappa shape index (κ2) is 10.4. The zero-order chi connectivity index (χ0) is 23.4. The molecule has 2 aromatic rings. The number of para-hydroxylation sites is 1. The molecular formula is C25H34FN5O2. The smallest absolute Gasteiger partial charge is 0.270 e. The molecule has 33 heavy (non-hydrogen) atoms. The van der Waals surface area contributed by atoms with E-state index in [1.165, 1.54) is 6.07 Å². The van der Waals surface area contributed by atoms with Gasteiger partial charge in [-0.1, -0.05) is 12.1 Å². The van der Waals surface area contributed by atoms with Crippen molar-refractivity contribution in [1.29, 1.82) is 0 Å². The second-order valence-electron chi connectivity index (χ2n) is 9.17. The van der Waals surface area contributed by atoms with Crippen LogP contribution in [0.5, 0.6) is 0 Å². The number of carbonyl (C=O) groups excluding carboxylic acids is 2. The summed E-state index contributed by atoms with van der Waals surface area (Å²) in [4.78, 5) is 35.0. The van der Waals surface area contributed by atoms with Crippen molar-refractivity contribution in [2.45, 2.75) is 26.7 Å². The fraction of sp³-hybridized carbons (Fsp3) is 0.520. The minimum absolute atomic E-state index is 0.0224. The predicted molar refractivity (Wildman–Crippen MR) is 127 cm³/mol. The quantitative estimate of drug-likeness (QED) is 0.702. The van der Waals surface area contributed by atoms with E-state index in [4.69, 9.17) is 0 Å². The summed E-state index contributed by atoms with van der Waals surface area (Å²) in [6.45, 7) is 9.59. The van der Waals surface area contributed by atoms with Crippen molar-refractivity contribution < 1.29 is 14.0 Å². The largest absolute Gasteiger partial charge is 0.367 e. The van der Waals surface area contributed by atoms with E-state index in [1.54, 1.807) is 11.0 Å². The molecule has 2 amide bonds. The number of piperazine rings is 1. The molecule has 1 atom stereocenters. The Labute approximate surface area is 194 Å². The highest BCUT2D eigenvalue weighted by molar-refractivity contribution is 5.94. The van der Waals surface area contributed by atoms with Gasteiger partial charge in [0.2, 0.25) is 5.91 Å². The van der Waals surface area contributed by atoms with E-state index in [0.29, 0.717) is 31.0 Å². The maximum Gasteiger partial charge on any atom is 0.270 e. The highest BCUT2D eigenvalue weighted by Gasteiger charge is 2.30. The number of H-pyrrole nitrogens is 1. The van der Waals surface area contributed by atoms with Gasteiger partial charge in [0.15, 0.2) is 0 Å². The van der Waals surface area contributed by atoms with Crippen molar-refractivity contribution >= 4 is 17.5 Å². The standard InChI is InChI=1S/C25H34FN5O2/c1-18-16-19(2)28-23(18)25(33)31-10-5-6-20(17-31)24(32)27-9-11-29-12-14-30(15-13-29)22-8-4-3-7-21(22)26/h3-4,7-8,16,20,28H,5-6,9-15,17H2,1-2H3,(H,27,32)/t20-/m1/s1. The van der Waals surface area contributed by atoms with Gasteiger partial charge in [-0.2, -0.15) is 0 Å². The molecule has 0 bridgehead atoms. The van der Waals surface area contributed by atoms with Gasteiger partial charge in [-0.3, -0.25) is 14.5 Å². The van der Waals surface area contributed by atoms with Crippen molar-refractivity contribution in [3.05, 3.63) is 53.1 Å². The number of aromatic amines is 1. The van der Waals surface area contributed by atoms with Crippen LogP contribution in [0.25, 0.3) is 0 Å². The third-order valence-electron chi connectivity index (χ3n) is 6.74. The van der Waals surface area contributed by atoms with Gasteiger partial charge in [0.25, 0.3) is 5.91 Å². The molecule has 0 spiro atoms. The van der Waals surface area contributed by atoms with Gasteiger partial charge >= 0.3 is 0 Å². The van der Waals surface area contributed by atoms with Crippen molar-refractivity contribution in [1.82, 2.24) is 20.1 Å². The van der Waals surface area contributed by atoms with Crippen LogP contribution >= 0.6 is 0 Å². The Balaban J connectivity index is 1.20. The molecule has 0 radical (unpaired) electrons. The van der Waals surface area contributed by atoms with Gasteiger partial charge in [0, 0.05) is 58.1 Å². The molecule has 2 saturated heterocycles. The van der Waals surface area contributed by atoms with Crippen molar-refractivity contribution in [3.8, 4) is 0 Å². The summed E-state index contributed by atoms with van der Waals surface area (Å²) in [5, 5.41) is 3.07. The number of amides is 2. The van der Waals surface area contributed by atoms with E-state index in [2.05, 4.69) is 20.1 Å². The molecule has 0 aliphatic carbocycles. The van der Waals surface area contributed by atoms with Crippen LogP contribution in [0.4, 0.5) is 10.1 Å². The minimum atomic E-state index is -0.181. The number of nitrogens with one attached hydrogen (secondary N) is 2. The topological polar surface area (TPSA) is 71.7 Å². The van der Waals surface area contributed by atoms with Gasteiger partial charge in [-0.05, 0) is 50.5 Å². The van der Waals surface area contributed by atoms with E-state index in [0.717, 1.165) is 56.8 Å². The second-order valence-corrected chi connectivity index (χ2v) is 9.17. The maximum absolute atomic E-state index is 14.0. The normalized spacial score (nSPS) is 19.5. The van der Waals surface area contributed by atoms with E-state index in [9.17, 15) is 14.0 Å². The van der Waals surface area contributed by atoms with Crippen LogP contribution in [0.15, 0.2) is 30.3 Å². The highest BCUT2D eigenvalue weighted by atomic mass is 19.1. The molecule has 178 valence electrons. The molecule has 7 nitrogen and oxygen atoms in total. The van der Waals surface area contributed by atoms with Gasteiger partial charge in [-0.25, -0.2) is 4.39 Å². The zero-order valence-corrected chi connectivity index (χ0v) is 19.6. The van der Waals surface area contributed by atoms with Crippen LogP contribution in [0.2, 0.25) is 0 Å². The monoisotopic (exact) mass is 455 g/mol. The SMILES string of the molecule is Cc1cc(C)c(C(=O)N2CCC[C@@H](C(=O)NCCN3CCN(c4ccccc4F)CC3)C2)[nH]1. The molecule has 3 heterocycles. The third kappa shape index (κ3) is 5.55. The number of piperidine rings is 1. The first-order valence-corrected chi connectivity index (χ1v) is 11.9. The van der Waals surface area contributed by atoms with Crippen LogP contribution in [0.3, 0.4) is 0 Å². The first kappa shape index (κ1) is 23.3. The Morgan fingerprint density at radius 3 is 2.58 bits per heavy atom. The molecule has 2 aliphatic heterocycles. The number of nitrogens with zero attached hydrogens (tertiary/aromatic N) is 3. The highest BCUT2D eigenvalue weighted by Crippen LogP contribution is 2.21. The van der Waals surface area contributed by atoms with Crippen molar-refractivity contribution in [2.75, 3.05) is 57.3 Å². The van der Waals surface area contributed by atoms with E-state index < -0.39 is 0 Å². The van der Waals surface area contributed by atoms with Gasteiger partial charge in [-0.15, -0.1) is 0 Å². The number of hydrogen-bond donors (Lipinski definition) is 2. The van der Waals surface area contributed by atoms with Gasteiger partial charge < -0.3 is 20.1 Å². The number of likely N-dealkylation sites (tertiary alicyclic amines) is 1. The van der Waals surface area contributed by atoms with Crippen LogP contribution in [0, 0.1) is 25.6 Å². The van der Waals surface area contributed by atoms with Crippen molar-refractivity contribution in [3.63, 3.8) is 0 Å². The van der Waals surface area contributed by atoms with Gasteiger partial charge in [0.1, 0.15) is 11.5 Å². The van der Waals surface area contributed by atoms with E-state index in [-0.39, 0.29) is 23.5 Å². The summed E-state index contributed by atoms with van der Waals surface area (Å²) >= 11 is 0. The summed E-state index contributed by atoms with van der Waals surface area (Å²) in [5.74, 6) is -0.348. The molecular weight excluding hydrogens is 421 g/mol. The maximum atomic E-state index is 14.0. The first-order valence-electron chi connectivity index (χ1n) is 11.9. The molecule has 2 fully saturated rings. The summed E-state index contributed by atoms with van der Waals surface area (Å²) in [6.07, 6.45) is 1.64.